The van der Waals surface area contributed by atoms with Crippen LogP contribution in [0.3, 0.4) is 0 Å². The van der Waals surface area contributed by atoms with Gasteiger partial charge in [0, 0.05) is 17.8 Å². The van der Waals surface area contributed by atoms with Gasteiger partial charge in [-0.05, 0) is 49.6 Å². The third kappa shape index (κ3) is 4.69. The van der Waals surface area contributed by atoms with Gasteiger partial charge in [0.1, 0.15) is 10.8 Å². The van der Waals surface area contributed by atoms with Crippen LogP contribution in [0.15, 0.2) is 66.0 Å². The highest BCUT2D eigenvalue weighted by molar-refractivity contribution is 7.92. The van der Waals surface area contributed by atoms with Crippen LogP contribution in [0.2, 0.25) is 5.02 Å². The van der Waals surface area contributed by atoms with Crippen LogP contribution in [-0.2, 0) is 9.84 Å². The highest BCUT2D eigenvalue weighted by atomic mass is 35.5. The summed E-state index contributed by atoms with van der Waals surface area (Å²) in [5, 5.41) is 7.76. The fourth-order valence-electron chi connectivity index (χ4n) is 3.22. The van der Waals surface area contributed by atoms with E-state index in [-0.39, 0.29) is 21.7 Å². The average Bonchev–Trinajstić information content (AvgIpc) is 2.81. The molecule has 0 aliphatic carbocycles. The summed E-state index contributed by atoms with van der Waals surface area (Å²) in [6, 6.07) is 12.3. The third-order valence-corrected chi connectivity index (χ3v) is 7.50. The molecule has 0 aliphatic heterocycles. The zero-order valence-electron chi connectivity index (χ0n) is 18.2. The molecule has 4 rings (SSSR count). The van der Waals surface area contributed by atoms with Gasteiger partial charge < -0.3 is 15.4 Å². The Morgan fingerprint density at radius 2 is 1.79 bits per heavy atom. The third-order valence-electron chi connectivity index (χ3n) is 5.02. The number of hydrogen-bond acceptors (Lipinski definition) is 8. The number of methoxy groups -OCH3 is 1. The van der Waals surface area contributed by atoms with E-state index in [9.17, 15) is 8.42 Å². The molecule has 0 fully saturated rings. The van der Waals surface area contributed by atoms with E-state index in [2.05, 4.69) is 25.6 Å². The van der Waals surface area contributed by atoms with Crippen LogP contribution in [0.4, 0.5) is 23.1 Å². The van der Waals surface area contributed by atoms with Crippen LogP contribution in [-0.4, -0.2) is 35.7 Å². The standard InChI is InChI=1S/C23H22ClN5O3S/c1-14(2)33(30,31)21-7-5-4-6-18(21)27-22-17(24)13-26-23(29-22)28-19-10-15-8-9-25-12-16(15)11-20(19)32-3/h4-14H,1-3H3,(H2,26,27,28,29). The molecule has 0 bridgehead atoms. The number of pyridine rings is 1. The van der Waals surface area contributed by atoms with E-state index in [1.54, 1.807) is 57.6 Å². The van der Waals surface area contributed by atoms with Crippen molar-refractivity contribution in [3.05, 3.63) is 66.1 Å². The molecular weight excluding hydrogens is 462 g/mol. The van der Waals surface area contributed by atoms with Crippen LogP contribution >= 0.6 is 11.6 Å². The van der Waals surface area contributed by atoms with Gasteiger partial charge in [0.25, 0.3) is 0 Å². The fourth-order valence-corrected chi connectivity index (χ4v) is 4.56. The predicted molar refractivity (Wildman–Crippen MR) is 131 cm³/mol. The first kappa shape index (κ1) is 22.8. The molecule has 2 heterocycles. The van der Waals surface area contributed by atoms with Crippen molar-refractivity contribution < 1.29 is 13.2 Å². The van der Waals surface area contributed by atoms with Gasteiger partial charge in [-0.25, -0.2) is 13.4 Å². The lowest BCUT2D eigenvalue weighted by Gasteiger charge is -2.16. The van der Waals surface area contributed by atoms with Crippen molar-refractivity contribution >= 4 is 55.4 Å². The average molecular weight is 484 g/mol. The summed E-state index contributed by atoms with van der Waals surface area (Å²) in [6.45, 7) is 3.28. The minimum absolute atomic E-state index is 0.175. The molecule has 0 unspecified atom stereocenters. The lowest BCUT2D eigenvalue weighted by Crippen LogP contribution is -2.15. The van der Waals surface area contributed by atoms with Gasteiger partial charge in [0.2, 0.25) is 5.95 Å². The van der Waals surface area contributed by atoms with Crippen molar-refractivity contribution in [2.75, 3.05) is 17.7 Å². The maximum atomic E-state index is 12.8. The summed E-state index contributed by atoms with van der Waals surface area (Å²) in [7, 11) is -1.94. The number of anilines is 4. The van der Waals surface area contributed by atoms with E-state index in [4.69, 9.17) is 16.3 Å². The molecule has 2 N–H and O–H groups in total. The highest BCUT2D eigenvalue weighted by Gasteiger charge is 2.23. The van der Waals surface area contributed by atoms with E-state index >= 15 is 0 Å². The largest absolute Gasteiger partial charge is 0.495 e. The van der Waals surface area contributed by atoms with Crippen LogP contribution in [0.25, 0.3) is 10.8 Å². The first-order chi connectivity index (χ1) is 15.8. The molecular formula is C23H22ClN5O3S. The first-order valence-electron chi connectivity index (χ1n) is 10.1. The Labute approximate surface area is 196 Å². The Bertz CT molecular complexity index is 1430. The second-order valence-electron chi connectivity index (χ2n) is 7.51. The van der Waals surface area contributed by atoms with Gasteiger partial charge >= 0.3 is 0 Å². The molecule has 0 amide bonds. The smallest absolute Gasteiger partial charge is 0.229 e. The van der Waals surface area contributed by atoms with E-state index in [1.807, 2.05) is 18.2 Å². The van der Waals surface area contributed by atoms with E-state index < -0.39 is 15.1 Å². The predicted octanol–water partition coefficient (Wildman–Crippen LogP) is 5.36. The lowest BCUT2D eigenvalue weighted by atomic mass is 10.1. The summed E-state index contributed by atoms with van der Waals surface area (Å²) in [6.07, 6.45) is 4.91. The number of halogens is 1. The van der Waals surface area contributed by atoms with Crippen molar-refractivity contribution in [3.63, 3.8) is 0 Å². The van der Waals surface area contributed by atoms with Crippen LogP contribution in [0, 0.1) is 0 Å². The van der Waals surface area contributed by atoms with Gasteiger partial charge in [-0.3, -0.25) is 4.98 Å². The van der Waals surface area contributed by atoms with Crippen molar-refractivity contribution in [2.24, 2.45) is 0 Å². The summed E-state index contributed by atoms with van der Waals surface area (Å²) in [5.74, 6) is 1.12. The Hall–Kier alpha value is -3.43. The number of nitrogens with zero attached hydrogens (tertiary/aromatic N) is 3. The SMILES string of the molecule is COc1cc2cnccc2cc1Nc1ncc(Cl)c(Nc2ccccc2S(=O)(=O)C(C)C)n1. The molecule has 0 radical (unpaired) electrons. The van der Waals surface area contributed by atoms with Gasteiger partial charge in [-0.1, -0.05) is 23.7 Å². The Morgan fingerprint density at radius 1 is 1.00 bits per heavy atom. The van der Waals surface area contributed by atoms with Crippen LogP contribution in [0.1, 0.15) is 13.8 Å². The van der Waals surface area contributed by atoms with Gasteiger partial charge in [-0.15, -0.1) is 0 Å². The maximum absolute atomic E-state index is 12.8. The lowest BCUT2D eigenvalue weighted by molar-refractivity contribution is 0.417. The van der Waals surface area contributed by atoms with Gasteiger partial charge in [0.15, 0.2) is 15.7 Å². The second kappa shape index (κ2) is 9.21. The monoisotopic (exact) mass is 483 g/mol. The number of aromatic nitrogens is 3. The minimum Gasteiger partial charge on any atom is -0.495 e. The molecule has 2 aromatic heterocycles. The maximum Gasteiger partial charge on any atom is 0.229 e. The normalized spacial score (nSPS) is 11.5. The summed E-state index contributed by atoms with van der Waals surface area (Å²) >= 11 is 6.32. The summed E-state index contributed by atoms with van der Waals surface area (Å²) < 4.78 is 31.1. The number of rotatable bonds is 7. The molecule has 0 spiro atoms. The zero-order chi connectivity index (χ0) is 23.6. The first-order valence-corrected chi connectivity index (χ1v) is 12.0. The fraction of sp³-hybridized carbons (Fsp3) is 0.174. The second-order valence-corrected chi connectivity index (χ2v) is 10.4. The van der Waals surface area contributed by atoms with Gasteiger partial charge in [0.05, 0.1) is 34.8 Å². The minimum atomic E-state index is -3.52. The molecule has 0 atom stereocenters. The number of ether oxygens (including phenoxy) is 1. The quantitative estimate of drug-likeness (QED) is 0.362. The molecule has 0 saturated carbocycles. The number of nitrogens with one attached hydrogen (secondary N) is 2. The van der Waals surface area contributed by atoms with Gasteiger partial charge in [-0.2, -0.15) is 4.98 Å². The number of benzene rings is 2. The van der Waals surface area contributed by atoms with Crippen molar-refractivity contribution in [1.29, 1.82) is 0 Å². The Morgan fingerprint density at radius 3 is 2.55 bits per heavy atom. The van der Waals surface area contributed by atoms with Crippen molar-refractivity contribution in [2.45, 2.75) is 24.0 Å². The number of fused-ring (bicyclic) bond motifs is 1. The molecule has 2 aromatic carbocycles. The topological polar surface area (TPSA) is 106 Å². The zero-order valence-corrected chi connectivity index (χ0v) is 19.8. The Kier molecular flexibility index (Phi) is 6.35. The number of sulfone groups is 1. The molecule has 33 heavy (non-hydrogen) atoms. The molecule has 0 aliphatic rings. The molecule has 8 nitrogen and oxygen atoms in total. The Balaban J connectivity index is 1.69. The van der Waals surface area contributed by atoms with E-state index in [1.165, 1.54) is 6.20 Å². The summed E-state index contributed by atoms with van der Waals surface area (Å²) in [4.78, 5) is 13.0. The number of hydrogen-bond donors (Lipinski definition) is 2. The highest BCUT2D eigenvalue weighted by Crippen LogP contribution is 2.33. The van der Waals surface area contributed by atoms with Crippen LogP contribution in [0.5, 0.6) is 5.75 Å². The summed E-state index contributed by atoms with van der Waals surface area (Å²) in [5.41, 5.74) is 1.04. The van der Waals surface area contributed by atoms with Crippen molar-refractivity contribution in [3.8, 4) is 5.75 Å². The molecule has 0 saturated heterocycles. The molecule has 10 heteroatoms. The van der Waals surface area contributed by atoms with Crippen molar-refractivity contribution in [1.82, 2.24) is 15.0 Å². The molecule has 170 valence electrons. The van der Waals surface area contributed by atoms with E-state index in [0.717, 1.165) is 10.8 Å². The van der Waals surface area contributed by atoms with E-state index in [0.29, 0.717) is 17.1 Å². The molecule has 4 aromatic rings. The number of para-hydroxylation sites is 1. The van der Waals surface area contributed by atoms with Crippen LogP contribution < -0.4 is 15.4 Å².